The van der Waals surface area contributed by atoms with Crippen LogP contribution in [0.25, 0.3) is 11.5 Å². The molecule has 0 radical (unpaired) electrons. The third kappa shape index (κ3) is 4.19. The molecule has 2 heterocycles. The lowest BCUT2D eigenvalue weighted by Gasteiger charge is -2.23. The van der Waals surface area contributed by atoms with Gasteiger partial charge in [-0.2, -0.15) is 0 Å². The summed E-state index contributed by atoms with van der Waals surface area (Å²) in [7, 11) is 0. The summed E-state index contributed by atoms with van der Waals surface area (Å²) in [5.41, 5.74) is 0.749. The molecule has 0 unspecified atom stereocenters. The molecule has 114 valence electrons. The Labute approximate surface area is 123 Å². The van der Waals surface area contributed by atoms with E-state index in [1.807, 2.05) is 30.9 Å². The molecule has 6 nitrogen and oxygen atoms in total. The number of furan rings is 1. The second kappa shape index (κ2) is 7.08. The molecule has 2 aromatic rings. The van der Waals surface area contributed by atoms with Crippen molar-refractivity contribution in [1.29, 1.82) is 0 Å². The Balaban J connectivity index is 2.02. The van der Waals surface area contributed by atoms with E-state index < -0.39 is 0 Å². The highest BCUT2D eigenvalue weighted by molar-refractivity contribution is 5.71. The van der Waals surface area contributed by atoms with Gasteiger partial charge in [0, 0.05) is 18.7 Å². The number of hydrogen-bond acceptors (Lipinski definition) is 6. The van der Waals surface area contributed by atoms with Crippen molar-refractivity contribution in [2.24, 2.45) is 0 Å². The number of carbonyl (C=O) groups excluding carboxylic acids is 1. The topological polar surface area (TPSA) is 68.7 Å². The second-order valence-corrected chi connectivity index (χ2v) is 4.96. The van der Waals surface area contributed by atoms with E-state index in [-0.39, 0.29) is 18.6 Å². The lowest BCUT2D eigenvalue weighted by molar-refractivity contribution is -0.145. The molecule has 0 aliphatic rings. The molecule has 0 bridgehead atoms. The highest BCUT2D eigenvalue weighted by atomic mass is 16.5. The first-order chi connectivity index (χ1) is 10.1. The van der Waals surface area contributed by atoms with Crippen LogP contribution in [0.1, 0.15) is 26.5 Å². The first kappa shape index (κ1) is 15.3. The zero-order chi connectivity index (χ0) is 15.2. The van der Waals surface area contributed by atoms with Gasteiger partial charge in [0.25, 0.3) is 0 Å². The van der Waals surface area contributed by atoms with Gasteiger partial charge in [-0.1, -0.05) is 5.16 Å². The van der Waals surface area contributed by atoms with Crippen molar-refractivity contribution < 1.29 is 18.5 Å². The maximum Gasteiger partial charge on any atom is 0.320 e. The fraction of sp³-hybridized carbons (Fsp3) is 0.467. The van der Waals surface area contributed by atoms with Crippen LogP contribution in [0, 0.1) is 0 Å². The van der Waals surface area contributed by atoms with Crippen molar-refractivity contribution in [2.45, 2.75) is 33.4 Å². The van der Waals surface area contributed by atoms with Gasteiger partial charge in [0.15, 0.2) is 5.76 Å². The first-order valence-electron chi connectivity index (χ1n) is 6.99. The van der Waals surface area contributed by atoms with Crippen LogP contribution in [0.15, 0.2) is 33.4 Å². The van der Waals surface area contributed by atoms with Crippen molar-refractivity contribution in [3.8, 4) is 11.5 Å². The van der Waals surface area contributed by atoms with Crippen molar-refractivity contribution in [1.82, 2.24) is 10.1 Å². The van der Waals surface area contributed by atoms with E-state index in [1.54, 1.807) is 19.3 Å². The molecule has 0 atom stereocenters. The van der Waals surface area contributed by atoms with Crippen LogP contribution < -0.4 is 0 Å². The number of ether oxygens (including phenoxy) is 1. The summed E-state index contributed by atoms with van der Waals surface area (Å²) in [5, 5.41) is 4.02. The smallest absolute Gasteiger partial charge is 0.320 e. The maximum absolute atomic E-state index is 11.6. The van der Waals surface area contributed by atoms with Gasteiger partial charge in [-0.25, -0.2) is 0 Å². The van der Waals surface area contributed by atoms with Crippen LogP contribution >= 0.6 is 0 Å². The Morgan fingerprint density at radius 1 is 1.43 bits per heavy atom. The van der Waals surface area contributed by atoms with Gasteiger partial charge in [0.1, 0.15) is 0 Å². The van der Waals surface area contributed by atoms with E-state index in [2.05, 4.69) is 5.16 Å². The SMILES string of the molecule is CCOC(=O)CN(Cc1cc(-c2ccco2)on1)C(C)C. The molecule has 0 saturated carbocycles. The summed E-state index contributed by atoms with van der Waals surface area (Å²) in [6, 6.07) is 5.61. The van der Waals surface area contributed by atoms with Gasteiger partial charge >= 0.3 is 5.97 Å². The summed E-state index contributed by atoms with van der Waals surface area (Å²) in [5.74, 6) is 0.978. The van der Waals surface area contributed by atoms with Crippen molar-refractivity contribution >= 4 is 5.97 Å². The number of esters is 1. The molecule has 0 aromatic carbocycles. The predicted octanol–water partition coefficient (Wildman–Crippen LogP) is 2.71. The summed E-state index contributed by atoms with van der Waals surface area (Å²) in [6.07, 6.45) is 1.58. The van der Waals surface area contributed by atoms with Crippen molar-refractivity contribution in [3.05, 3.63) is 30.2 Å². The molecule has 21 heavy (non-hydrogen) atoms. The average Bonchev–Trinajstić information content (AvgIpc) is 3.08. The van der Waals surface area contributed by atoms with E-state index >= 15 is 0 Å². The van der Waals surface area contributed by atoms with E-state index in [0.29, 0.717) is 24.7 Å². The monoisotopic (exact) mass is 292 g/mol. The third-order valence-corrected chi connectivity index (χ3v) is 3.06. The Kier molecular flexibility index (Phi) is 5.16. The number of carbonyl (C=O) groups is 1. The normalized spacial score (nSPS) is 11.3. The minimum absolute atomic E-state index is 0.193. The zero-order valence-electron chi connectivity index (χ0n) is 12.5. The maximum atomic E-state index is 11.6. The van der Waals surface area contributed by atoms with E-state index in [1.165, 1.54) is 0 Å². The van der Waals surface area contributed by atoms with Gasteiger partial charge in [0.05, 0.1) is 25.1 Å². The summed E-state index contributed by atoms with van der Waals surface area (Å²) >= 11 is 0. The molecule has 2 aromatic heterocycles. The third-order valence-electron chi connectivity index (χ3n) is 3.06. The molecule has 0 aliphatic heterocycles. The molecule has 0 spiro atoms. The molecule has 6 heteroatoms. The van der Waals surface area contributed by atoms with E-state index in [0.717, 1.165) is 5.69 Å². The van der Waals surface area contributed by atoms with E-state index in [4.69, 9.17) is 13.7 Å². The Morgan fingerprint density at radius 2 is 2.24 bits per heavy atom. The van der Waals surface area contributed by atoms with Crippen LogP contribution in [-0.4, -0.2) is 35.2 Å². The molecular formula is C15H20N2O4. The number of aromatic nitrogens is 1. The van der Waals surface area contributed by atoms with Crippen molar-refractivity contribution in [3.63, 3.8) is 0 Å². The van der Waals surface area contributed by atoms with Gasteiger partial charge in [0.2, 0.25) is 5.76 Å². The van der Waals surface area contributed by atoms with Crippen LogP contribution in [0.2, 0.25) is 0 Å². The highest BCUT2D eigenvalue weighted by Gasteiger charge is 2.18. The Bertz CT molecular complexity index is 560. The Hall–Kier alpha value is -2.08. The number of rotatable bonds is 7. The van der Waals surface area contributed by atoms with Gasteiger partial charge in [-0.3, -0.25) is 9.69 Å². The second-order valence-electron chi connectivity index (χ2n) is 4.96. The van der Waals surface area contributed by atoms with Crippen LogP contribution in [0.4, 0.5) is 0 Å². The molecule has 0 N–H and O–H groups in total. The lowest BCUT2D eigenvalue weighted by Crippen LogP contribution is -2.36. The quantitative estimate of drug-likeness (QED) is 0.731. The van der Waals surface area contributed by atoms with Crippen LogP contribution in [0.5, 0.6) is 0 Å². The zero-order valence-corrected chi connectivity index (χ0v) is 12.5. The molecule has 0 fully saturated rings. The largest absolute Gasteiger partial charge is 0.465 e. The van der Waals surface area contributed by atoms with Crippen molar-refractivity contribution in [2.75, 3.05) is 13.2 Å². The standard InChI is InChI=1S/C15H20N2O4/c1-4-19-15(18)10-17(11(2)3)9-12-8-14(21-16-12)13-6-5-7-20-13/h5-8,11H,4,9-10H2,1-3H3. The lowest BCUT2D eigenvalue weighted by atomic mass is 10.2. The van der Waals surface area contributed by atoms with Gasteiger partial charge in [-0.05, 0) is 32.9 Å². The number of nitrogens with zero attached hydrogens (tertiary/aromatic N) is 2. The molecular weight excluding hydrogens is 272 g/mol. The van der Waals surface area contributed by atoms with E-state index in [9.17, 15) is 4.79 Å². The molecule has 0 aliphatic carbocycles. The van der Waals surface area contributed by atoms with Gasteiger partial charge in [-0.15, -0.1) is 0 Å². The summed E-state index contributed by atoms with van der Waals surface area (Å²) in [4.78, 5) is 13.6. The molecule has 0 saturated heterocycles. The first-order valence-corrected chi connectivity index (χ1v) is 6.99. The van der Waals surface area contributed by atoms with Gasteiger partial charge < -0.3 is 13.7 Å². The van der Waals surface area contributed by atoms with Crippen LogP contribution in [-0.2, 0) is 16.1 Å². The summed E-state index contributed by atoms with van der Waals surface area (Å²) < 4.78 is 15.5. The fourth-order valence-electron chi connectivity index (χ4n) is 1.92. The summed E-state index contributed by atoms with van der Waals surface area (Å²) in [6.45, 7) is 6.97. The highest BCUT2D eigenvalue weighted by Crippen LogP contribution is 2.21. The minimum atomic E-state index is -0.235. The van der Waals surface area contributed by atoms with Crippen LogP contribution in [0.3, 0.4) is 0 Å². The molecule has 0 amide bonds. The number of hydrogen-bond donors (Lipinski definition) is 0. The average molecular weight is 292 g/mol. The Morgan fingerprint density at radius 3 is 2.86 bits per heavy atom. The minimum Gasteiger partial charge on any atom is -0.465 e. The molecule has 2 rings (SSSR count). The predicted molar refractivity (Wildman–Crippen MR) is 76.4 cm³/mol. The fourth-order valence-corrected chi connectivity index (χ4v) is 1.92.